The minimum Gasteiger partial charge on any atom is -0.497 e. The van der Waals surface area contributed by atoms with Gasteiger partial charge in [-0.05, 0) is 42.1 Å². The molecule has 6 nitrogen and oxygen atoms in total. The molecule has 1 aliphatic rings. The number of hydrogen-bond acceptors (Lipinski definition) is 7. The largest absolute Gasteiger partial charge is 0.497 e. The molecule has 0 amide bonds. The van der Waals surface area contributed by atoms with Crippen LogP contribution >= 0.6 is 11.3 Å². The van der Waals surface area contributed by atoms with Crippen LogP contribution in [0.25, 0.3) is 11.4 Å². The zero-order valence-corrected chi connectivity index (χ0v) is 14.6. The number of aliphatic hydroxyl groups excluding tert-OH is 1. The van der Waals surface area contributed by atoms with E-state index in [1.54, 1.807) is 18.4 Å². The first-order chi connectivity index (χ1) is 12.2. The van der Waals surface area contributed by atoms with Crippen molar-refractivity contribution in [2.45, 2.75) is 25.1 Å². The van der Waals surface area contributed by atoms with Crippen LogP contribution in [-0.2, 0) is 6.54 Å². The third-order valence-electron chi connectivity index (χ3n) is 4.40. The Kier molecular flexibility index (Phi) is 4.52. The van der Waals surface area contributed by atoms with E-state index >= 15 is 0 Å². The molecule has 0 aliphatic carbocycles. The van der Waals surface area contributed by atoms with Gasteiger partial charge in [0.25, 0.3) is 0 Å². The van der Waals surface area contributed by atoms with Crippen LogP contribution in [0.1, 0.15) is 23.2 Å². The highest BCUT2D eigenvalue weighted by atomic mass is 32.1. The molecular formula is C18H19N3O3S. The fraction of sp³-hybridized carbons (Fsp3) is 0.333. The summed E-state index contributed by atoms with van der Waals surface area (Å²) in [4.78, 5) is 8.02. The van der Waals surface area contributed by atoms with Crippen molar-refractivity contribution in [1.29, 1.82) is 0 Å². The molecule has 130 valence electrons. The van der Waals surface area contributed by atoms with Gasteiger partial charge in [0.1, 0.15) is 5.75 Å². The van der Waals surface area contributed by atoms with Crippen molar-refractivity contribution >= 4 is 11.3 Å². The average Bonchev–Trinajstić information content (AvgIpc) is 3.36. The normalized spacial score (nSPS) is 20.9. The van der Waals surface area contributed by atoms with E-state index in [1.165, 1.54) is 4.88 Å². The SMILES string of the molecule is COc1ccc(-c2noc([C@@H]3C[C@@H](O)CN3Cc3cccs3)n2)cc1. The van der Waals surface area contributed by atoms with Crippen LogP contribution in [0.3, 0.4) is 0 Å². The van der Waals surface area contributed by atoms with Gasteiger partial charge in [0, 0.05) is 23.5 Å². The quantitative estimate of drug-likeness (QED) is 0.756. The molecular weight excluding hydrogens is 338 g/mol. The Morgan fingerprint density at radius 3 is 2.88 bits per heavy atom. The predicted molar refractivity (Wildman–Crippen MR) is 94.4 cm³/mol. The summed E-state index contributed by atoms with van der Waals surface area (Å²) < 4.78 is 10.7. The lowest BCUT2D eigenvalue weighted by atomic mass is 10.2. The molecule has 1 N–H and O–H groups in total. The van der Waals surface area contributed by atoms with Crippen molar-refractivity contribution in [2.24, 2.45) is 0 Å². The zero-order chi connectivity index (χ0) is 17.2. The van der Waals surface area contributed by atoms with Crippen molar-refractivity contribution in [3.8, 4) is 17.1 Å². The molecule has 1 saturated heterocycles. The number of aromatic nitrogens is 2. The fourth-order valence-corrected chi connectivity index (χ4v) is 3.87. The van der Waals surface area contributed by atoms with Crippen molar-refractivity contribution in [2.75, 3.05) is 13.7 Å². The monoisotopic (exact) mass is 357 g/mol. The van der Waals surface area contributed by atoms with Crippen LogP contribution < -0.4 is 4.74 Å². The maximum Gasteiger partial charge on any atom is 0.244 e. The number of benzene rings is 1. The molecule has 1 fully saturated rings. The van der Waals surface area contributed by atoms with Gasteiger partial charge in [-0.15, -0.1) is 11.3 Å². The lowest BCUT2D eigenvalue weighted by Crippen LogP contribution is -2.24. The van der Waals surface area contributed by atoms with Gasteiger partial charge >= 0.3 is 0 Å². The second kappa shape index (κ2) is 6.95. The van der Waals surface area contributed by atoms with E-state index < -0.39 is 0 Å². The third-order valence-corrected chi connectivity index (χ3v) is 5.26. The molecule has 1 aromatic carbocycles. The maximum atomic E-state index is 10.1. The van der Waals surface area contributed by atoms with E-state index in [9.17, 15) is 5.11 Å². The van der Waals surface area contributed by atoms with Crippen LogP contribution in [0.2, 0.25) is 0 Å². The van der Waals surface area contributed by atoms with E-state index in [-0.39, 0.29) is 12.1 Å². The summed E-state index contributed by atoms with van der Waals surface area (Å²) in [6.07, 6.45) is 0.233. The van der Waals surface area contributed by atoms with Crippen LogP contribution in [0, 0.1) is 0 Å². The number of thiophene rings is 1. The van der Waals surface area contributed by atoms with Crippen molar-refractivity contribution in [1.82, 2.24) is 15.0 Å². The standard InChI is InChI=1S/C18H19N3O3S/c1-23-14-6-4-12(5-7-14)17-19-18(24-20-17)16-9-13(22)10-21(16)11-15-3-2-8-25-15/h2-8,13,16,22H,9-11H2,1H3/t13-,16+/m1/s1. The molecule has 3 aromatic rings. The molecule has 25 heavy (non-hydrogen) atoms. The number of β-amino-alcohol motifs (C(OH)–C–C–N with tert-alkyl or cyclic N) is 1. The van der Waals surface area contributed by atoms with Crippen LogP contribution in [0.15, 0.2) is 46.3 Å². The number of aliphatic hydroxyl groups is 1. The highest BCUT2D eigenvalue weighted by Gasteiger charge is 2.36. The number of nitrogens with zero attached hydrogens (tertiary/aromatic N) is 3. The smallest absolute Gasteiger partial charge is 0.244 e. The van der Waals surface area contributed by atoms with Crippen molar-refractivity contribution in [3.63, 3.8) is 0 Å². The topological polar surface area (TPSA) is 71.6 Å². The van der Waals surface area contributed by atoms with E-state index in [0.717, 1.165) is 17.9 Å². The minimum absolute atomic E-state index is 0.0587. The van der Waals surface area contributed by atoms with Crippen LogP contribution in [-0.4, -0.2) is 39.9 Å². The zero-order valence-electron chi connectivity index (χ0n) is 13.8. The van der Waals surface area contributed by atoms with Gasteiger partial charge in [0.2, 0.25) is 11.7 Å². The molecule has 0 unspecified atom stereocenters. The Labute approximate surface area is 149 Å². The minimum atomic E-state index is -0.374. The highest BCUT2D eigenvalue weighted by Crippen LogP contribution is 2.34. The van der Waals surface area contributed by atoms with E-state index in [0.29, 0.717) is 24.7 Å². The maximum absolute atomic E-state index is 10.1. The van der Waals surface area contributed by atoms with Gasteiger partial charge in [-0.2, -0.15) is 4.98 Å². The Balaban J connectivity index is 1.55. The predicted octanol–water partition coefficient (Wildman–Crippen LogP) is 3.11. The summed E-state index contributed by atoms with van der Waals surface area (Å²) in [6, 6.07) is 11.6. The Hall–Kier alpha value is -2.22. The average molecular weight is 357 g/mol. The summed E-state index contributed by atoms with van der Waals surface area (Å²) in [5, 5.41) is 16.3. The number of methoxy groups -OCH3 is 1. The summed E-state index contributed by atoms with van der Waals surface area (Å²) >= 11 is 1.71. The molecule has 0 bridgehead atoms. The number of likely N-dealkylation sites (tertiary alicyclic amines) is 1. The highest BCUT2D eigenvalue weighted by molar-refractivity contribution is 7.09. The molecule has 3 heterocycles. The molecule has 0 saturated carbocycles. The molecule has 0 radical (unpaired) electrons. The van der Waals surface area contributed by atoms with Crippen molar-refractivity contribution < 1.29 is 14.4 Å². The number of rotatable bonds is 5. The van der Waals surface area contributed by atoms with Gasteiger partial charge in [-0.1, -0.05) is 11.2 Å². The number of ether oxygens (including phenoxy) is 1. The first-order valence-corrected chi connectivity index (χ1v) is 9.03. The van der Waals surface area contributed by atoms with Gasteiger partial charge in [-0.3, -0.25) is 4.90 Å². The first-order valence-electron chi connectivity index (χ1n) is 8.15. The summed E-state index contributed by atoms with van der Waals surface area (Å²) in [6.45, 7) is 1.39. The molecule has 0 spiro atoms. The van der Waals surface area contributed by atoms with E-state index in [2.05, 4.69) is 26.5 Å². The summed E-state index contributed by atoms with van der Waals surface area (Å²) in [5.41, 5.74) is 0.874. The molecule has 2 aromatic heterocycles. The molecule has 4 rings (SSSR count). The van der Waals surface area contributed by atoms with Gasteiger partial charge in [-0.25, -0.2) is 0 Å². The van der Waals surface area contributed by atoms with Gasteiger partial charge in [0.15, 0.2) is 0 Å². The van der Waals surface area contributed by atoms with E-state index in [4.69, 9.17) is 9.26 Å². The van der Waals surface area contributed by atoms with E-state index in [1.807, 2.05) is 30.3 Å². The Morgan fingerprint density at radius 1 is 1.32 bits per heavy atom. The van der Waals surface area contributed by atoms with Crippen LogP contribution in [0.4, 0.5) is 0 Å². The molecule has 2 atom stereocenters. The summed E-state index contributed by atoms with van der Waals surface area (Å²) in [5.74, 6) is 1.89. The second-order valence-electron chi connectivity index (χ2n) is 6.10. The fourth-order valence-electron chi connectivity index (χ4n) is 3.14. The first kappa shape index (κ1) is 16.3. The summed E-state index contributed by atoms with van der Waals surface area (Å²) in [7, 11) is 1.63. The number of hydrogen-bond donors (Lipinski definition) is 1. The third kappa shape index (κ3) is 3.44. The lowest BCUT2D eigenvalue weighted by molar-refractivity contribution is 0.170. The van der Waals surface area contributed by atoms with Gasteiger partial charge < -0.3 is 14.4 Å². The molecule has 1 aliphatic heterocycles. The Morgan fingerprint density at radius 2 is 2.16 bits per heavy atom. The lowest BCUT2D eigenvalue weighted by Gasteiger charge is -2.20. The van der Waals surface area contributed by atoms with Crippen molar-refractivity contribution in [3.05, 3.63) is 52.5 Å². The molecule has 7 heteroatoms. The van der Waals surface area contributed by atoms with Crippen LogP contribution in [0.5, 0.6) is 5.75 Å². The second-order valence-corrected chi connectivity index (χ2v) is 7.13. The Bertz CT molecular complexity index is 816. The van der Waals surface area contributed by atoms with Gasteiger partial charge in [0.05, 0.1) is 19.3 Å².